The lowest BCUT2D eigenvalue weighted by atomic mass is 9.85. The third-order valence-electron chi connectivity index (χ3n) is 3.76. The van der Waals surface area contributed by atoms with Crippen molar-refractivity contribution >= 4 is 0 Å². The van der Waals surface area contributed by atoms with Crippen molar-refractivity contribution in [2.45, 2.75) is 45.1 Å². The first-order valence-electron chi connectivity index (χ1n) is 6.20. The zero-order chi connectivity index (χ0) is 9.80. The molecule has 2 rings (SSSR count). The first-order valence-corrected chi connectivity index (χ1v) is 6.20. The maximum absolute atomic E-state index is 5.71. The Balaban J connectivity index is 1.73. The molecule has 2 heteroatoms. The fraction of sp³-hybridized carbons (Fsp3) is 1.00. The van der Waals surface area contributed by atoms with Gasteiger partial charge in [-0.1, -0.05) is 6.92 Å². The molecule has 82 valence electrons. The van der Waals surface area contributed by atoms with E-state index in [-0.39, 0.29) is 0 Å². The summed E-state index contributed by atoms with van der Waals surface area (Å²) in [5, 5.41) is 3.46. The molecule has 1 N–H and O–H groups in total. The lowest BCUT2D eigenvalue weighted by Gasteiger charge is -2.30. The summed E-state index contributed by atoms with van der Waals surface area (Å²) in [6.07, 6.45) is 7.20. The summed E-state index contributed by atoms with van der Waals surface area (Å²) in [5.74, 6) is 1.90. The summed E-state index contributed by atoms with van der Waals surface area (Å²) in [6.45, 7) is 5.74. The van der Waals surface area contributed by atoms with Gasteiger partial charge < -0.3 is 10.1 Å². The first-order chi connectivity index (χ1) is 6.88. The molecule has 14 heavy (non-hydrogen) atoms. The maximum Gasteiger partial charge on any atom is 0.0575 e. The molecule has 2 saturated heterocycles. The predicted molar refractivity (Wildman–Crippen MR) is 58.3 cm³/mol. The highest BCUT2D eigenvalue weighted by Gasteiger charge is 2.25. The molecule has 0 amide bonds. The molecule has 3 atom stereocenters. The van der Waals surface area contributed by atoms with Crippen LogP contribution < -0.4 is 5.32 Å². The molecule has 0 aliphatic carbocycles. The number of rotatable bonds is 3. The number of hydrogen-bond donors (Lipinski definition) is 1. The highest BCUT2D eigenvalue weighted by atomic mass is 16.5. The van der Waals surface area contributed by atoms with E-state index in [0.717, 1.165) is 18.4 Å². The van der Waals surface area contributed by atoms with Crippen molar-refractivity contribution < 1.29 is 4.74 Å². The van der Waals surface area contributed by atoms with Crippen LogP contribution in [0.25, 0.3) is 0 Å². The van der Waals surface area contributed by atoms with Crippen LogP contribution in [0.4, 0.5) is 0 Å². The maximum atomic E-state index is 5.71. The monoisotopic (exact) mass is 197 g/mol. The molecule has 2 nitrogen and oxygen atoms in total. The second kappa shape index (κ2) is 5.13. The Bertz CT molecular complexity index is 166. The molecule has 3 unspecified atom stereocenters. The molecule has 0 bridgehead atoms. The lowest BCUT2D eigenvalue weighted by Crippen LogP contribution is -2.26. The van der Waals surface area contributed by atoms with Crippen LogP contribution in [0.15, 0.2) is 0 Å². The minimum Gasteiger partial charge on any atom is -0.378 e. The Labute approximate surface area is 87.4 Å². The minimum absolute atomic E-state index is 0.558. The molecule has 0 aromatic heterocycles. The van der Waals surface area contributed by atoms with Gasteiger partial charge in [0.25, 0.3) is 0 Å². The quantitative estimate of drug-likeness (QED) is 0.749. The van der Waals surface area contributed by atoms with Gasteiger partial charge in [-0.15, -0.1) is 0 Å². The molecule has 0 spiro atoms. The summed E-state index contributed by atoms with van der Waals surface area (Å²) in [4.78, 5) is 0. The van der Waals surface area contributed by atoms with Gasteiger partial charge in [-0.3, -0.25) is 0 Å². The van der Waals surface area contributed by atoms with Crippen LogP contribution in [0.3, 0.4) is 0 Å². The zero-order valence-corrected chi connectivity index (χ0v) is 9.30. The third-order valence-corrected chi connectivity index (χ3v) is 3.76. The molecular weight excluding hydrogens is 174 g/mol. The molecule has 0 aromatic rings. The van der Waals surface area contributed by atoms with E-state index in [1.807, 2.05) is 0 Å². The Morgan fingerprint density at radius 1 is 1.29 bits per heavy atom. The Kier molecular flexibility index (Phi) is 3.82. The van der Waals surface area contributed by atoms with Crippen molar-refractivity contribution in [1.29, 1.82) is 0 Å². The van der Waals surface area contributed by atoms with E-state index in [1.54, 1.807) is 0 Å². The molecule has 0 saturated carbocycles. The van der Waals surface area contributed by atoms with E-state index < -0.39 is 0 Å². The van der Waals surface area contributed by atoms with E-state index in [9.17, 15) is 0 Å². The van der Waals surface area contributed by atoms with Crippen LogP contribution in [0.2, 0.25) is 0 Å². The number of hydrogen-bond acceptors (Lipinski definition) is 2. The van der Waals surface area contributed by atoms with Crippen LogP contribution in [0.5, 0.6) is 0 Å². The summed E-state index contributed by atoms with van der Waals surface area (Å²) in [6, 6.07) is 0. The molecule has 0 radical (unpaired) electrons. The van der Waals surface area contributed by atoms with Gasteiger partial charge in [0.1, 0.15) is 0 Å². The predicted octanol–water partition coefficient (Wildman–Crippen LogP) is 2.19. The molecule has 2 aliphatic heterocycles. The topological polar surface area (TPSA) is 21.3 Å². The van der Waals surface area contributed by atoms with Crippen LogP contribution in [0, 0.1) is 11.8 Å². The molecular formula is C12H23NO. The molecule has 0 aromatic carbocycles. The Hall–Kier alpha value is -0.0800. The van der Waals surface area contributed by atoms with Gasteiger partial charge in [0.15, 0.2) is 0 Å². The standard InChI is InChI=1S/C12H23NO/c1-2-12-8-10(4-6-14-12)7-11-3-5-13-9-11/h10-13H,2-9H2,1H3. The van der Waals surface area contributed by atoms with Gasteiger partial charge in [-0.05, 0) is 57.0 Å². The molecule has 2 fully saturated rings. The van der Waals surface area contributed by atoms with Crippen molar-refractivity contribution in [2.24, 2.45) is 11.8 Å². The normalized spacial score (nSPS) is 38.8. The van der Waals surface area contributed by atoms with Crippen molar-refractivity contribution in [1.82, 2.24) is 5.32 Å². The fourth-order valence-corrected chi connectivity index (χ4v) is 2.84. The van der Waals surface area contributed by atoms with E-state index in [1.165, 1.54) is 45.2 Å². The molecule has 2 heterocycles. The van der Waals surface area contributed by atoms with Crippen LogP contribution in [-0.4, -0.2) is 25.8 Å². The van der Waals surface area contributed by atoms with Crippen LogP contribution >= 0.6 is 0 Å². The van der Waals surface area contributed by atoms with Crippen LogP contribution in [-0.2, 0) is 4.74 Å². The Morgan fingerprint density at radius 2 is 2.21 bits per heavy atom. The van der Waals surface area contributed by atoms with Crippen molar-refractivity contribution in [3.05, 3.63) is 0 Å². The third kappa shape index (κ3) is 2.71. The van der Waals surface area contributed by atoms with Crippen LogP contribution in [0.1, 0.15) is 39.0 Å². The highest BCUT2D eigenvalue weighted by molar-refractivity contribution is 4.78. The van der Waals surface area contributed by atoms with Gasteiger partial charge in [0.2, 0.25) is 0 Å². The second-order valence-electron chi connectivity index (χ2n) is 4.89. The molecule has 2 aliphatic rings. The fourth-order valence-electron chi connectivity index (χ4n) is 2.84. The van der Waals surface area contributed by atoms with Crippen molar-refractivity contribution in [3.8, 4) is 0 Å². The van der Waals surface area contributed by atoms with Crippen molar-refractivity contribution in [2.75, 3.05) is 19.7 Å². The average molecular weight is 197 g/mol. The SMILES string of the molecule is CCC1CC(CC2CCNC2)CCO1. The van der Waals surface area contributed by atoms with Gasteiger partial charge in [-0.25, -0.2) is 0 Å². The van der Waals surface area contributed by atoms with Gasteiger partial charge >= 0.3 is 0 Å². The van der Waals surface area contributed by atoms with Gasteiger partial charge in [0, 0.05) is 6.61 Å². The summed E-state index contributed by atoms with van der Waals surface area (Å²) in [7, 11) is 0. The van der Waals surface area contributed by atoms with Gasteiger partial charge in [-0.2, -0.15) is 0 Å². The lowest BCUT2D eigenvalue weighted by molar-refractivity contribution is -0.0148. The zero-order valence-electron chi connectivity index (χ0n) is 9.30. The van der Waals surface area contributed by atoms with Gasteiger partial charge in [0.05, 0.1) is 6.10 Å². The summed E-state index contributed by atoms with van der Waals surface area (Å²) >= 11 is 0. The van der Waals surface area contributed by atoms with E-state index in [4.69, 9.17) is 4.74 Å². The van der Waals surface area contributed by atoms with E-state index in [0.29, 0.717) is 6.10 Å². The highest BCUT2D eigenvalue weighted by Crippen LogP contribution is 2.29. The largest absolute Gasteiger partial charge is 0.378 e. The first kappa shape index (κ1) is 10.4. The minimum atomic E-state index is 0.558. The Morgan fingerprint density at radius 3 is 2.93 bits per heavy atom. The second-order valence-corrected chi connectivity index (χ2v) is 4.89. The number of ether oxygens (including phenoxy) is 1. The van der Waals surface area contributed by atoms with E-state index in [2.05, 4.69) is 12.2 Å². The van der Waals surface area contributed by atoms with Crippen molar-refractivity contribution in [3.63, 3.8) is 0 Å². The average Bonchev–Trinajstić information content (AvgIpc) is 2.71. The van der Waals surface area contributed by atoms with E-state index >= 15 is 0 Å². The number of nitrogens with one attached hydrogen (secondary N) is 1. The summed E-state index contributed by atoms with van der Waals surface area (Å²) < 4.78 is 5.71. The summed E-state index contributed by atoms with van der Waals surface area (Å²) in [5.41, 5.74) is 0. The smallest absolute Gasteiger partial charge is 0.0575 e.